The molecule has 3 rings (SSSR count). The molecular formula is C20H17BP. The molecular weight excluding hydrogens is 282 g/mol. The summed E-state index contributed by atoms with van der Waals surface area (Å²) in [7, 11) is -0.583. The van der Waals surface area contributed by atoms with E-state index in [9.17, 15) is 0 Å². The molecule has 0 saturated carbocycles. The molecule has 0 atom stereocenters. The standard InChI is InChI=1S/C20H17P.B/c1-17(18-11-5-2-6-12-18)21(19-13-7-3-8-14-19)20-15-9-4-10-16-20;/h2-16H,1H2;. The van der Waals surface area contributed by atoms with Gasteiger partial charge in [0.05, 0.1) is 0 Å². The van der Waals surface area contributed by atoms with E-state index in [1.807, 2.05) is 6.07 Å². The van der Waals surface area contributed by atoms with E-state index in [1.54, 1.807) is 0 Å². The van der Waals surface area contributed by atoms with Crippen molar-refractivity contribution in [1.82, 2.24) is 0 Å². The molecule has 0 aromatic heterocycles. The maximum Gasteiger partial charge on any atom is 0 e. The molecule has 0 bridgehead atoms. The van der Waals surface area contributed by atoms with Gasteiger partial charge in [0, 0.05) is 8.41 Å². The van der Waals surface area contributed by atoms with E-state index in [-0.39, 0.29) is 8.41 Å². The van der Waals surface area contributed by atoms with E-state index in [1.165, 1.54) is 21.5 Å². The van der Waals surface area contributed by atoms with Crippen LogP contribution in [0.15, 0.2) is 97.6 Å². The molecule has 105 valence electrons. The second-order valence-corrected chi connectivity index (χ2v) is 7.06. The normalized spacial score (nSPS) is 10.0. The Labute approximate surface area is 135 Å². The van der Waals surface area contributed by atoms with Crippen LogP contribution in [-0.4, -0.2) is 8.41 Å². The van der Waals surface area contributed by atoms with Crippen LogP contribution in [0.25, 0.3) is 5.31 Å². The van der Waals surface area contributed by atoms with Crippen molar-refractivity contribution in [3.8, 4) is 0 Å². The molecule has 0 spiro atoms. The number of rotatable bonds is 4. The Morgan fingerprint density at radius 1 is 0.591 bits per heavy atom. The summed E-state index contributed by atoms with van der Waals surface area (Å²) in [6, 6.07) is 31.8. The molecule has 22 heavy (non-hydrogen) atoms. The third-order valence-electron chi connectivity index (χ3n) is 3.41. The second kappa shape index (κ2) is 7.78. The fourth-order valence-electron chi connectivity index (χ4n) is 2.37. The summed E-state index contributed by atoms with van der Waals surface area (Å²) in [5, 5.41) is 3.88. The van der Waals surface area contributed by atoms with Gasteiger partial charge in [-0.25, -0.2) is 0 Å². The van der Waals surface area contributed by atoms with Gasteiger partial charge in [-0.1, -0.05) is 97.6 Å². The van der Waals surface area contributed by atoms with Gasteiger partial charge in [0.15, 0.2) is 0 Å². The first-order chi connectivity index (χ1) is 10.4. The van der Waals surface area contributed by atoms with Gasteiger partial charge in [0.2, 0.25) is 0 Å². The van der Waals surface area contributed by atoms with Crippen molar-refractivity contribution in [2.45, 2.75) is 0 Å². The molecule has 2 heteroatoms. The topological polar surface area (TPSA) is 0 Å². The van der Waals surface area contributed by atoms with Crippen LogP contribution in [0, 0.1) is 0 Å². The van der Waals surface area contributed by atoms with E-state index in [0.717, 1.165) is 0 Å². The van der Waals surface area contributed by atoms with Gasteiger partial charge < -0.3 is 0 Å². The average Bonchev–Trinajstić information content (AvgIpc) is 2.58. The summed E-state index contributed by atoms with van der Waals surface area (Å²) in [4.78, 5) is 0. The molecule has 0 heterocycles. The van der Waals surface area contributed by atoms with Gasteiger partial charge in [-0.05, 0) is 29.4 Å². The van der Waals surface area contributed by atoms with Crippen molar-refractivity contribution in [1.29, 1.82) is 0 Å². The molecule has 0 N–H and O–H groups in total. The molecule has 0 nitrogen and oxygen atoms in total. The lowest BCUT2D eigenvalue weighted by molar-refractivity contribution is 1.65. The van der Waals surface area contributed by atoms with Gasteiger partial charge in [0.1, 0.15) is 0 Å². The zero-order chi connectivity index (χ0) is 14.5. The highest BCUT2D eigenvalue weighted by Crippen LogP contribution is 2.47. The summed E-state index contributed by atoms with van der Waals surface area (Å²) >= 11 is 0. The molecule has 0 aliphatic heterocycles. The monoisotopic (exact) mass is 299 g/mol. The first kappa shape index (κ1) is 16.3. The molecule has 0 aliphatic carbocycles. The summed E-state index contributed by atoms with van der Waals surface area (Å²) < 4.78 is 0. The highest BCUT2D eigenvalue weighted by atomic mass is 31.1. The molecule has 3 radical (unpaired) electrons. The first-order valence-electron chi connectivity index (χ1n) is 7.01. The molecule has 0 unspecified atom stereocenters. The Balaban J connectivity index is 0.00000176. The van der Waals surface area contributed by atoms with E-state index < -0.39 is 7.92 Å². The predicted molar refractivity (Wildman–Crippen MR) is 100 cm³/mol. The second-order valence-electron chi connectivity index (χ2n) is 4.82. The lowest BCUT2D eigenvalue weighted by Crippen LogP contribution is -2.12. The number of hydrogen-bond acceptors (Lipinski definition) is 0. The SMILES string of the molecule is C=C(c1ccccc1)P(c1ccccc1)c1ccccc1.[B]. The molecule has 0 amide bonds. The van der Waals surface area contributed by atoms with Crippen molar-refractivity contribution in [2.24, 2.45) is 0 Å². The van der Waals surface area contributed by atoms with Crippen molar-refractivity contribution in [2.75, 3.05) is 0 Å². The van der Waals surface area contributed by atoms with Crippen LogP contribution in [0.4, 0.5) is 0 Å². The highest BCUT2D eigenvalue weighted by molar-refractivity contribution is 7.82. The highest BCUT2D eigenvalue weighted by Gasteiger charge is 2.17. The van der Waals surface area contributed by atoms with Crippen molar-refractivity contribution in [3.63, 3.8) is 0 Å². The van der Waals surface area contributed by atoms with Crippen LogP contribution in [0.1, 0.15) is 5.56 Å². The summed E-state index contributed by atoms with van der Waals surface area (Å²) in [5.74, 6) is 0. The fraction of sp³-hybridized carbons (Fsp3) is 0. The Morgan fingerprint density at radius 3 is 1.36 bits per heavy atom. The van der Waals surface area contributed by atoms with E-state index in [4.69, 9.17) is 0 Å². The van der Waals surface area contributed by atoms with Gasteiger partial charge in [-0.2, -0.15) is 0 Å². The maximum atomic E-state index is 4.41. The first-order valence-corrected chi connectivity index (χ1v) is 8.35. The summed E-state index contributed by atoms with van der Waals surface area (Å²) in [5.41, 5.74) is 1.22. The third kappa shape index (κ3) is 3.56. The van der Waals surface area contributed by atoms with Crippen LogP contribution in [0.2, 0.25) is 0 Å². The molecule has 0 fully saturated rings. The minimum Gasteiger partial charge on any atom is -0.0900 e. The van der Waals surface area contributed by atoms with Crippen LogP contribution < -0.4 is 10.6 Å². The van der Waals surface area contributed by atoms with Gasteiger partial charge >= 0.3 is 0 Å². The fourth-order valence-corrected chi connectivity index (χ4v) is 4.64. The molecule has 0 saturated heterocycles. The Kier molecular flexibility index (Phi) is 5.75. The largest absolute Gasteiger partial charge is 0.0900 e. The lowest BCUT2D eigenvalue weighted by Gasteiger charge is -2.21. The van der Waals surface area contributed by atoms with E-state index in [0.29, 0.717) is 0 Å². The smallest absolute Gasteiger partial charge is 0 e. The molecule has 3 aromatic carbocycles. The summed E-state index contributed by atoms with van der Waals surface area (Å²) in [6.07, 6.45) is 0. The molecule has 0 aliphatic rings. The van der Waals surface area contributed by atoms with Gasteiger partial charge in [-0.3, -0.25) is 0 Å². The Morgan fingerprint density at radius 2 is 0.955 bits per heavy atom. The van der Waals surface area contributed by atoms with E-state index >= 15 is 0 Å². The van der Waals surface area contributed by atoms with Crippen LogP contribution in [0.5, 0.6) is 0 Å². The maximum absolute atomic E-state index is 4.41. The van der Waals surface area contributed by atoms with Crippen molar-refractivity contribution in [3.05, 3.63) is 103 Å². The Bertz CT molecular complexity index is 669. The third-order valence-corrected chi connectivity index (χ3v) is 5.83. The predicted octanol–water partition coefficient (Wildman–Crippen LogP) is 4.41. The van der Waals surface area contributed by atoms with Crippen molar-refractivity contribution >= 4 is 32.3 Å². The van der Waals surface area contributed by atoms with Gasteiger partial charge in [-0.15, -0.1) is 0 Å². The van der Waals surface area contributed by atoms with Crippen molar-refractivity contribution < 1.29 is 0 Å². The zero-order valence-corrected chi connectivity index (χ0v) is 13.3. The quantitative estimate of drug-likeness (QED) is 0.494. The van der Waals surface area contributed by atoms with Gasteiger partial charge in [0.25, 0.3) is 0 Å². The minimum atomic E-state index is -0.583. The van der Waals surface area contributed by atoms with Crippen LogP contribution in [-0.2, 0) is 0 Å². The van der Waals surface area contributed by atoms with E-state index in [2.05, 4.69) is 91.5 Å². The average molecular weight is 299 g/mol. The minimum absolute atomic E-state index is 0. The van der Waals surface area contributed by atoms with Crippen LogP contribution in [0.3, 0.4) is 0 Å². The summed E-state index contributed by atoms with van der Waals surface area (Å²) in [6.45, 7) is 4.41. The zero-order valence-electron chi connectivity index (χ0n) is 12.4. The Hall–Kier alpha value is -2.11. The lowest BCUT2D eigenvalue weighted by atomic mass is 10.2. The number of benzene rings is 3. The molecule has 3 aromatic rings. The number of hydrogen-bond donors (Lipinski definition) is 0. The van der Waals surface area contributed by atoms with Crippen LogP contribution >= 0.6 is 7.92 Å².